The van der Waals surface area contributed by atoms with Crippen LogP contribution in [0.2, 0.25) is 5.02 Å². The van der Waals surface area contributed by atoms with Crippen LogP contribution in [0.4, 0.5) is 38.1 Å². The summed E-state index contributed by atoms with van der Waals surface area (Å²) >= 11 is 11.8. The number of amidine groups is 1. The van der Waals surface area contributed by atoms with Gasteiger partial charge in [0.2, 0.25) is 11.7 Å². The van der Waals surface area contributed by atoms with Crippen molar-refractivity contribution in [1.29, 1.82) is 0 Å². The summed E-state index contributed by atoms with van der Waals surface area (Å²) in [5.41, 5.74) is -1.31. The number of carbonyl (C=O) groups is 2. The van der Waals surface area contributed by atoms with Crippen LogP contribution in [0.3, 0.4) is 0 Å². The lowest BCUT2D eigenvalue weighted by Crippen LogP contribution is -2.34. The number of alkyl halides is 1. The molecule has 164 valence electrons. The first kappa shape index (κ1) is 22.8. The van der Waals surface area contributed by atoms with Crippen molar-refractivity contribution in [3.63, 3.8) is 0 Å². The van der Waals surface area contributed by atoms with Gasteiger partial charge in [-0.2, -0.15) is 0 Å². The van der Waals surface area contributed by atoms with Crippen molar-refractivity contribution >= 4 is 52.4 Å². The lowest BCUT2D eigenvalue weighted by molar-refractivity contribution is -0.119. The number of aliphatic imine (C=N–C) groups is 1. The van der Waals surface area contributed by atoms with E-state index in [1.165, 1.54) is 18.2 Å². The Hall–Kier alpha value is -2.92. The second-order valence-electron chi connectivity index (χ2n) is 6.15. The van der Waals surface area contributed by atoms with Gasteiger partial charge in [0.05, 0.1) is 16.6 Å². The smallest absolute Gasteiger partial charge is 0.337 e. The molecular weight excluding hydrogens is 470 g/mol. The molecule has 1 aliphatic rings. The highest BCUT2D eigenvalue weighted by molar-refractivity contribution is 6.55. The molecule has 0 aliphatic carbocycles. The van der Waals surface area contributed by atoms with Gasteiger partial charge in [-0.1, -0.05) is 23.7 Å². The molecule has 3 amide bonds. The maximum Gasteiger partial charge on any atom is 0.337 e. The van der Waals surface area contributed by atoms with Crippen LogP contribution in [0.15, 0.2) is 29.3 Å². The molecule has 1 unspecified atom stereocenters. The standard InChI is InChI=1S/C18H11Cl2F5N4O2/c1-28-17(30)16(29(18(28)31)8-5-3-2-4-7(8)20)27-9(6-19)26-15-13(24)11(22)10(21)12(23)14(15)25/h2-5,9,26H,6H2,1H3. The minimum absolute atomic E-state index is 0.0789. The van der Waals surface area contributed by atoms with Gasteiger partial charge in [-0.15, -0.1) is 11.6 Å². The number of para-hydroxylation sites is 1. The van der Waals surface area contributed by atoms with Gasteiger partial charge in [0, 0.05) is 7.05 Å². The van der Waals surface area contributed by atoms with Crippen molar-refractivity contribution in [2.75, 3.05) is 23.1 Å². The maximum absolute atomic E-state index is 14.0. The maximum atomic E-state index is 14.0. The Morgan fingerprint density at radius 3 is 2.10 bits per heavy atom. The number of carbonyl (C=O) groups excluding carboxylic acids is 2. The molecule has 0 aromatic heterocycles. The zero-order chi connectivity index (χ0) is 23.0. The first-order valence-corrected chi connectivity index (χ1v) is 9.29. The molecule has 1 fully saturated rings. The Kier molecular flexibility index (Phi) is 6.37. The van der Waals surface area contributed by atoms with Crippen LogP contribution in [0.5, 0.6) is 0 Å². The molecule has 1 aliphatic heterocycles. The van der Waals surface area contributed by atoms with Crippen LogP contribution in [-0.4, -0.2) is 41.8 Å². The molecule has 0 saturated carbocycles. The Morgan fingerprint density at radius 2 is 1.55 bits per heavy atom. The minimum atomic E-state index is -2.34. The van der Waals surface area contributed by atoms with Crippen molar-refractivity contribution < 1.29 is 31.5 Å². The van der Waals surface area contributed by atoms with Crippen LogP contribution >= 0.6 is 23.2 Å². The molecule has 0 radical (unpaired) electrons. The number of halogens is 7. The summed E-state index contributed by atoms with van der Waals surface area (Å²) < 4.78 is 68.1. The first-order chi connectivity index (χ1) is 14.6. The number of urea groups is 1. The van der Waals surface area contributed by atoms with Crippen LogP contribution in [0, 0.1) is 29.1 Å². The number of nitrogens with one attached hydrogen (secondary N) is 1. The highest BCUT2D eigenvalue weighted by atomic mass is 35.5. The molecule has 0 spiro atoms. The largest absolute Gasteiger partial charge is 0.358 e. The van der Waals surface area contributed by atoms with Crippen molar-refractivity contribution in [3.8, 4) is 0 Å². The Labute approximate surface area is 181 Å². The summed E-state index contributed by atoms with van der Waals surface area (Å²) in [4.78, 5) is 30.5. The van der Waals surface area contributed by atoms with E-state index in [-0.39, 0.29) is 10.7 Å². The van der Waals surface area contributed by atoms with E-state index in [4.69, 9.17) is 23.2 Å². The molecular formula is C18H11Cl2F5N4O2. The van der Waals surface area contributed by atoms with Crippen molar-refractivity contribution in [1.82, 2.24) is 4.90 Å². The van der Waals surface area contributed by atoms with Crippen LogP contribution < -0.4 is 10.2 Å². The Bertz CT molecular complexity index is 1090. The second kappa shape index (κ2) is 8.67. The monoisotopic (exact) mass is 480 g/mol. The summed E-state index contributed by atoms with van der Waals surface area (Å²) in [7, 11) is 1.16. The fraction of sp³-hybridized carbons (Fsp3) is 0.167. The predicted molar refractivity (Wildman–Crippen MR) is 104 cm³/mol. The lowest BCUT2D eigenvalue weighted by Gasteiger charge is -2.19. The Morgan fingerprint density at radius 1 is 1.00 bits per heavy atom. The van der Waals surface area contributed by atoms with Gasteiger partial charge in [0.1, 0.15) is 11.9 Å². The molecule has 0 bridgehead atoms. The molecule has 3 rings (SSSR count). The highest BCUT2D eigenvalue weighted by Crippen LogP contribution is 2.31. The number of imide groups is 1. The zero-order valence-corrected chi connectivity index (χ0v) is 16.9. The molecule has 31 heavy (non-hydrogen) atoms. The van der Waals surface area contributed by atoms with Gasteiger partial charge >= 0.3 is 6.03 Å². The molecule has 6 nitrogen and oxygen atoms in total. The van der Waals surface area contributed by atoms with E-state index in [1.807, 2.05) is 5.32 Å². The van der Waals surface area contributed by atoms with E-state index in [9.17, 15) is 31.5 Å². The average molecular weight is 481 g/mol. The topological polar surface area (TPSA) is 65.0 Å². The fourth-order valence-corrected chi connectivity index (χ4v) is 3.05. The van der Waals surface area contributed by atoms with Crippen molar-refractivity contribution in [3.05, 3.63) is 58.4 Å². The Balaban J connectivity index is 2.06. The summed E-state index contributed by atoms with van der Waals surface area (Å²) in [6.45, 7) is 0. The normalized spacial score (nSPS) is 16.5. The van der Waals surface area contributed by atoms with Crippen LogP contribution in [0.1, 0.15) is 0 Å². The number of likely N-dealkylation sites (N-methyl/N-ethyl adjacent to an activating group) is 1. The third-order valence-corrected chi connectivity index (χ3v) is 4.84. The van der Waals surface area contributed by atoms with Crippen LogP contribution in [0.25, 0.3) is 0 Å². The van der Waals surface area contributed by atoms with E-state index in [2.05, 4.69) is 4.99 Å². The van der Waals surface area contributed by atoms with Gasteiger partial charge in [-0.05, 0) is 12.1 Å². The summed E-state index contributed by atoms with van der Waals surface area (Å²) in [6, 6.07) is 5.12. The molecule has 13 heteroatoms. The third-order valence-electron chi connectivity index (χ3n) is 4.22. The highest BCUT2D eigenvalue weighted by Gasteiger charge is 2.42. The molecule has 1 heterocycles. The van der Waals surface area contributed by atoms with Gasteiger partial charge < -0.3 is 5.32 Å². The molecule has 2 aromatic carbocycles. The van der Waals surface area contributed by atoms with E-state index in [0.717, 1.165) is 11.9 Å². The fourth-order valence-electron chi connectivity index (χ4n) is 2.69. The van der Waals surface area contributed by atoms with Gasteiger partial charge in [-0.3, -0.25) is 9.69 Å². The SMILES string of the molecule is CN1C(=O)C(=NC(CCl)Nc2c(F)c(F)c(F)c(F)c2F)N(c2ccccc2Cl)C1=O. The number of nitrogens with zero attached hydrogens (tertiary/aromatic N) is 3. The summed E-state index contributed by atoms with van der Waals surface area (Å²) in [5, 5.41) is 2.07. The van der Waals surface area contributed by atoms with Gasteiger partial charge in [-0.25, -0.2) is 36.6 Å². The van der Waals surface area contributed by atoms with E-state index < -0.39 is 64.6 Å². The van der Waals surface area contributed by atoms with E-state index in [0.29, 0.717) is 4.90 Å². The molecule has 1 saturated heterocycles. The van der Waals surface area contributed by atoms with Crippen molar-refractivity contribution in [2.45, 2.75) is 6.17 Å². The number of anilines is 2. The van der Waals surface area contributed by atoms with E-state index in [1.54, 1.807) is 6.07 Å². The quantitative estimate of drug-likeness (QED) is 0.225. The molecule has 1 atom stereocenters. The van der Waals surface area contributed by atoms with Gasteiger partial charge in [0.25, 0.3) is 5.91 Å². The predicted octanol–water partition coefficient (Wildman–Crippen LogP) is 4.51. The van der Waals surface area contributed by atoms with Crippen molar-refractivity contribution in [2.24, 2.45) is 4.99 Å². The number of hydrogen-bond donors (Lipinski definition) is 1. The second-order valence-corrected chi connectivity index (χ2v) is 6.86. The molecule has 1 N–H and O–H groups in total. The average Bonchev–Trinajstić information content (AvgIpc) is 2.97. The molecule has 2 aromatic rings. The van der Waals surface area contributed by atoms with Gasteiger partial charge in [0.15, 0.2) is 23.3 Å². The first-order valence-electron chi connectivity index (χ1n) is 8.38. The summed E-state index contributed by atoms with van der Waals surface area (Å²) in [5.74, 6) is -13.0. The van der Waals surface area contributed by atoms with E-state index >= 15 is 0 Å². The zero-order valence-electron chi connectivity index (χ0n) is 15.4. The number of amides is 3. The minimum Gasteiger partial charge on any atom is -0.358 e. The third kappa shape index (κ3) is 3.90. The van der Waals surface area contributed by atoms with Crippen LogP contribution in [-0.2, 0) is 4.79 Å². The summed E-state index contributed by atoms with van der Waals surface area (Å²) in [6.07, 6.45) is -1.56. The number of hydrogen-bond acceptors (Lipinski definition) is 4. The lowest BCUT2D eigenvalue weighted by atomic mass is 10.2. The number of benzene rings is 2. The number of rotatable bonds is 5.